The SMILES string of the molecule is C[N+](C)(C)[C@@H](Cc1nc[nH]c1Br)C(=O)[O-]. The van der Waals surface area contributed by atoms with Crippen LogP contribution in [-0.4, -0.2) is 47.6 Å². The fourth-order valence-electron chi connectivity index (χ4n) is 1.31. The maximum absolute atomic E-state index is 11.0. The van der Waals surface area contributed by atoms with Crippen LogP contribution in [0.5, 0.6) is 0 Å². The summed E-state index contributed by atoms with van der Waals surface area (Å²) >= 11 is 3.27. The van der Waals surface area contributed by atoms with Gasteiger partial charge >= 0.3 is 0 Å². The number of aliphatic carboxylic acids is 1. The predicted octanol–water partition coefficient (Wildman–Crippen LogP) is -0.461. The van der Waals surface area contributed by atoms with Crippen molar-refractivity contribution in [3.05, 3.63) is 16.6 Å². The second-order valence-electron chi connectivity index (χ2n) is 4.32. The van der Waals surface area contributed by atoms with E-state index in [0.29, 0.717) is 16.6 Å². The van der Waals surface area contributed by atoms with Crippen LogP contribution in [-0.2, 0) is 11.2 Å². The van der Waals surface area contributed by atoms with E-state index in [1.54, 1.807) is 0 Å². The number of nitrogens with one attached hydrogen (secondary N) is 1. The van der Waals surface area contributed by atoms with Crippen molar-refractivity contribution < 1.29 is 14.4 Å². The van der Waals surface area contributed by atoms with Gasteiger partial charge in [0.2, 0.25) is 0 Å². The van der Waals surface area contributed by atoms with E-state index in [0.717, 1.165) is 4.60 Å². The first-order valence-electron chi connectivity index (χ1n) is 4.52. The first kappa shape index (κ1) is 12.2. The van der Waals surface area contributed by atoms with E-state index in [-0.39, 0.29) is 0 Å². The molecule has 1 atom stereocenters. The maximum atomic E-state index is 11.0. The molecule has 84 valence electrons. The molecular weight excluding hydrogens is 262 g/mol. The maximum Gasteiger partial charge on any atom is 0.134 e. The number of nitrogens with zero attached hydrogens (tertiary/aromatic N) is 2. The molecule has 0 aromatic carbocycles. The zero-order chi connectivity index (χ0) is 11.6. The van der Waals surface area contributed by atoms with Gasteiger partial charge in [0.25, 0.3) is 0 Å². The largest absolute Gasteiger partial charge is 0.544 e. The summed E-state index contributed by atoms with van der Waals surface area (Å²) in [6.45, 7) is 0. The second-order valence-corrected chi connectivity index (χ2v) is 5.11. The number of rotatable bonds is 4. The zero-order valence-electron chi connectivity index (χ0n) is 8.95. The number of aromatic nitrogens is 2. The third-order valence-corrected chi connectivity index (χ3v) is 2.95. The molecule has 0 aliphatic heterocycles. The number of likely N-dealkylation sites (N-methyl/N-ethyl adjacent to an activating group) is 1. The molecule has 0 saturated heterocycles. The van der Waals surface area contributed by atoms with Gasteiger partial charge in [0, 0.05) is 0 Å². The summed E-state index contributed by atoms with van der Waals surface area (Å²) < 4.78 is 1.03. The Hall–Kier alpha value is -0.880. The van der Waals surface area contributed by atoms with Gasteiger partial charge in [0.1, 0.15) is 10.6 Å². The van der Waals surface area contributed by atoms with Gasteiger partial charge in [-0.05, 0) is 15.9 Å². The number of carbonyl (C=O) groups excluding carboxylic acids is 1. The monoisotopic (exact) mass is 275 g/mol. The zero-order valence-corrected chi connectivity index (χ0v) is 10.5. The highest BCUT2D eigenvalue weighted by molar-refractivity contribution is 9.10. The molecule has 0 radical (unpaired) electrons. The number of carboxylic acid groups (broad SMARTS) is 1. The molecule has 0 unspecified atom stereocenters. The van der Waals surface area contributed by atoms with Crippen LogP contribution in [0.4, 0.5) is 0 Å². The van der Waals surface area contributed by atoms with Gasteiger partial charge in [0.15, 0.2) is 0 Å². The number of carbonyl (C=O) groups is 1. The highest BCUT2D eigenvalue weighted by Gasteiger charge is 2.27. The summed E-state index contributed by atoms with van der Waals surface area (Å²) in [6.07, 6.45) is 1.87. The number of aromatic amines is 1. The van der Waals surface area contributed by atoms with Crippen LogP contribution in [0.1, 0.15) is 5.69 Å². The average Bonchev–Trinajstić information content (AvgIpc) is 2.44. The van der Waals surface area contributed by atoms with Gasteiger partial charge in [-0.3, -0.25) is 0 Å². The number of hydrogen-bond acceptors (Lipinski definition) is 3. The van der Waals surface area contributed by atoms with E-state index in [4.69, 9.17) is 0 Å². The van der Waals surface area contributed by atoms with Crippen molar-refractivity contribution in [2.45, 2.75) is 12.5 Å². The molecule has 0 saturated carbocycles. The summed E-state index contributed by atoms with van der Waals surface area (Å²) in [4.78, 5) is 17.9. The number of carboxylic acids is 1. The molecule has 1 heterocycles. The lowest BCUT2D eigenvalue weighted by atomic mass is 10.1. The average molecular weight is 276 g/mol. The molecule has 1 N–H and O–H groups in total. The Balaban J connectivity index is 2.86. The summed E-state index contributed by atoms with van der Waals surface area (Å²) in [5, 5.41) is 11.0. The van der Waals surface area contributed by atoms with Crippen molar-refractivity contribution in [2.75, 3.05) is 21.1 Å². The Bertz CT molecular complexity index is 356. The fourth-order valence-corrected chi connectivity index (χ4v) is 1.67. The number of halogens is 1. The smallest absolute Gasteiger partial charge is 0.134 e. The van der Waals surface area contributed by atoms with Gasteiger partial charge < -0.3 is 19.4 Å². The molecule has 0 spiro atoms. The minimum absolute atomic E-state index is 0.307. The van der Waals surface area contributed by atoms with E-state index in [1.165, 1.54) is 6.33 Å². The van der Waals surface area contributed by atoms with Gasteiger partial charge in [-0.2, -0.15) is 0 Å². The Kier molecular flexibility index (Phi) is 3.51. The van der Waals surface area contributed by atoms with Crippen LogP contribution in [0.3, 0.4) is 0 Å². The molecule has 0 bridgehead atoms. The fraction of sp³-hybridized carbons (Fsp3) is 0.556. The molecule has 0 fully saturated rings. The van der Waals surface area contributed by atoms with Crippen LogP contribution in [0.15, 0.2) is 10.9 Å². The van der Waals surface area contributed by atoms with Crippen molar-refractivity contribution in [1.29, 1.82) is 0 Å². The van der Waals surface area contributed by atoms with Crippen molar-refractivity contribution in [3.63, 3.8) is 0 Å². The highest BCUT2D eigenvalue weighted by atomic mass is 79.9. The third kappa shape index (κ3) is 3.04. The van der Waals surface area contributed by atoms with Crippen molar-refractivity contribution in [1.82, 2.24) is 9.97 Å². The van der Waals surface area contributed by atoms with E-state index >= 15 is 0 Å². The first-order chi connectivity index (χ1) is 6.82. The minimum Gasteiger partial charge on any atom is -0.544 e. The van der Waals surface area contributed by atoms with Crippen molar-refractivity contribution >= 4 is 21.9 Å². The summed E-state index contributed by atoms with van der Waals surface area (Å²) in [7, 11) is 5.46. The summed E-state index contributed by atoms with van der Waals surface area (Å²) in [5.41, 5.74) is 0.706. The van der Waals surface area contributed by atoms with Crippen LogP contribution in [0.2, 0.25) is 0 Å². The topological polar surface area (TPSA) is 68.8 Å². The third-order valence-electron chi connectivity index (χ3n) is 2.26. The van der Waals surface area contributed by atoms with E-state index < -0.39 is 12.0 Å². The number of H-pyrrole nitrogens is 1. The molecule has 0 aliphatic carbocycles. The van der Waals surface area contributed by atoms with Crippen molar-refractivity contribution in [2.24, 2.45) is 0 Å². The predicted molar refractivity (Wildman–Crippen MR) is 56.8 cm³/mol. The van der Waals surface area contributed by atoms with E-state index in [2.05, 4.69) is 25.9 Å². The normalized spacial score (nSPS) is 13.9. The molecule has 1 aromatic heterocycles. The Morgan fingerprint density at radius 2 is 2.27 bits per heavy atom. The molecule has 1 rings (SSSR count). The summed E-state index contributed by atoms with van der Waals surface area (Å²) in [5.74, 6) is -1.06. The Morgan fingerprint density at radius 3 is 2.60 bits per heavy atom. The van der Waals surface area contributed by atoms with Crippen molar-refractivity contribution in [3.8, 4) is 0 Å². The quantitative estimate of drug-likeness (QED) is 0.757. The number of hydrogen-bond donors (Lipinski definition) is 1. The number of imidazole rings is 1. The van der Waals surface area contributed by atoms with Gasteiger partial charge in [-0.1, -0.05) is 0 Å². The molecule has 0 aliphatic rings. The molecular formula is C9H14BrN3O2. The molecule has 5 nitrogen and oxygen atoms in total. The molecule has 0 amide bonds. The van der Waals surface area contributed by atoms with Crippen LogP contribution < -0.4 is 5.11 Å². The minimum atomic E-state index is -1.06. The number of quaternary nitrogens is 1. The molecule has 6 heteroatoms. The lowest BCUT2D eigenvalue weighted by Crippen LogP contribution is -2.56. The van der Waals surface area contributed by atoms with Crippen LogP contribution in [0.25, 0.3) is 0 Å². The molecule has 15 heavy (non-hydrogen) atoms. The van der Waals surface area contributed by atoms with E-state index in [9.17, 15) is 9.90 Å². The van der Waals surface area contributed by atoms with Gasteiger partial charge in [0.05, 0.1) is 45.6 Å². The molecule has 1 aromatic rings. The lowest BCUT2D eigenvalue weighted by Gasteiger charge is -2.34. The van der Waals surface area contributed by atoms with E-state index in [1.807, 2.05) is 21.1 Å². The highest BCUT2D eigenvalue weighted by Crippen LogP contribution is 2.16. The van der Waals surface area contributed by atoms with Gasteiger partial charge in [-0.25, -0.2) is 4.98 Å². The van der Waals surface area contributed by atoms with Crippen LogP contribution >= 0.6 is 15.9 Å². The Morgan fingerprint density at radius 1 is 1.67 bits per heavy atom. The standard InChI is InChI=1S/C9H14BrN3O2/c1-13(2,3)7(9(14)15)4-6-8(10)12-5-11-6/h5,7H,4H2,1-3H3,(H-,11,12,14,15)/t7-/m0/s1. The summed E-state index contributed by atoms with van der Waals surface area (Å²) in [6, 6.07) is -0.607. The first-order valence-corrected chi connectivity index (χ1v) is 5.31. The lowest BCUT2D eigenvalue weighted by molar-refractivity contribution is -0.889. The second kappa shape index (κ2) is 4.32. The van der Waals surface area contributed by atoms with Crippen LogP contribution in [0, 0.1) is 0 Å². The Labute approximate surface area is 96.8 Å². The van der Waals surface area contributed by atoms with Gasteiger partial charge in [-0.15, -0.1) is 0 Å².